The Hall–Kier alpha value is -4.07. The summed E-state index contributed by atoms with van der Waals surface area (Å²) >= 11 is 0. The molecule has 5 rings (SSSR count). The van der Waals surface area contributed by atoms with Gasteiger partial charge in [0, 0.05) is 12.6 Å². The van der Waals surface area contributed by atoms with Gasteiger partial charge < -0.3 is 19.7 Å². The summed E-state index contributed by atoms with van der Waals surface area (Å²) in [7, 11) is 4.79. The van der Waals surface area contributed by atoms with Gasteiger partial charge in [0.05, 0.1) is 30.8 Å². The quantitative estimate of drug-likeness (QED) is 0.498. The molecular weight excluding hydrogens is 434 g/mol. The lowest BCUT2D eigenvalue weighted by atomic mass is 9.81. The fourth-order valence-corrected chi connectivity index (χ4v) is 4.81. The number of fused-ring (bicyclic) bond motifs is 4. The van der Waals surface area contributed by atoms with E-state index in [1.165, 1.54) is 11.6 Å². The average Bonchev–Trinajstić information content (AvgIpc) is 3.15. The molecule has 8 nitrogen and oxygen atoms in total. The molecular formula is C26H27N3O5+2. The van der Waals surface area contributed by atoms with E-state index in [9.17, 15) is 15.0 Å². The second kappa shape index (κ2) is 8.06. The predicted octanol–water partition coefficient (Wildman–Crippen LogP) is 1.34. The van der Waals surface area contributed by atoms with Crippen LogP contribution in [0.15, 0.2) is 52.8 Å². The van der Waals surface area contributed by atoms with Gasteiger partial charge >= 0.3 is 11.8 Å². The molecule has 0 bridgehead atoms. The van der Waals surface area contributed by atoms with Gasteiger partial charge in [0.15, 0.2) is 24.1 Å². The number of methoxy groups -OCH3 is 1. The fraction of sp³-hybridized carbons (Fsp3) is 0.269. The van der Waals surface area contributed by atoms with Crippen LogP contribution in [0, 0.1) is 0 Å². The molecule has 0 spiro atoms. The molecule has 0 amide bonds. The Morgan fingerprint density at radius 3 is 2.56 bits per heavy atom. The summed E-state index contributed by atoms with van der Waals surface area (Å²) in [6.07, 6.45) is 0.861. The minimum atomic E-state index is -0.599. The maximum absolute atomic E-state index is 13.5. The lowest BCUT2D eigenvalue weighted by Gasteiger charge is -2.22. The lowest BCUT2D eigenvalue weighted by Crippen LogP contribution is -2.75. The van der Waals surface area contributed by atoms with Crippen molar-refractivity contribution in [2.45, 2.75) is 19.3 Å². The van der Waals surface area contributed by atoms with Gasteiger partial charge in [0.2, 0.25) is 5.71 Å². The van der Waals surface area contributed by atoms with Crippen LogP contribution in [-0.4, -0.2) is 34.2 Å². The van der Waals surface area contributed by atoms with Crippen molar-refractivity contribution in [1.29, 1.82) is 0 Å². The average molecular weight is 462 g/mol. The zero-order valence-corrected chi connectivity index (χ0v) is 19.5. The van der Waals surface area contributed by atoms with E-state index in [0.29, 0.717) is 46.3 Å². The highest BCUT2D eigenvalue weighted by molar-refractivity contribution is 6.21. The van der Waals surface area contributed by atoms with Gasteiger partial charge in [-0.3, -0.25) is 4.79 Å². The highest BCUT2D eigenvalue weighted by Gasteiger charge is 2.49. The highest BCUT2D eigenvalue weighted by Crippen LogP contribution is 2.45. The van der Waals surface area contributed by atoms with E-state index < -0.39 is 5.92 Å². The molecule has 34 heavy (non-hydrogen) atoms. The monoisotopic (exact) mass is 461 g/mol. The van der Waals surface area contributed by atoms with Crippen molar-refractivity contribution < 1.29 is 29.2 Å². The maximum atomic E-state index is 13.5. The Balaban J connectivity index is 1.82. The summed E-state index contributed by atoms with van der Waals surface area (Å²) < 4.78 is 14.2. The third-order valence-electron chi connectivity index (χ3n) is 6.51. The molecule has 2 heterocycles. The zero-order chi connectivity index (χ0) is 24.1. The Morgan fingerprint density at radius 2 is 1.85 bits per heavy atom. The van der Waals surface area contributed by atoms with Crippen molar-refractivity contribution in [1.82, 2.24) is 4.57 Å². The van der Waals surface area contributed by atoms with Crippen molar-refractivity contribution in [3.05, 3.63) is 80.6 Å². The first kappa shape index (κ1) is 21.8. The number of ether oxygens (including phenoxy) is 2. The van der Waals surface area contributed by atoms with Gasteiger partial charge in [0.25, 0.3) is 5.56 Å². The van der Waals surface area contributed by atoms with Crippen LogP contribution in [0.25, 0.3) is 5.76 Å². The van der Waals surface area contributed by atoms with Crippen LogP contribution >= 0.6 is 0 Å². The number of rotatable bonds is 5. The number of hydrogen-bond acceptors (Lipinski definition) is 5. The van der Waals surface area contributed by atoms with Crippen LogP contribution in [0.4, 0.5) is 5.82 Å². The smallest absolute Gasteiger partial charge is 0.462 e. The van der Waals surface area contributed by atoms with Crippen LogP contribution in [0.5, 0.6) is 17.5 Å². The third-order valence-corrected chi connectivity index (χ3v) is 6.51. The number of hydrogen-bond donors (Lipinski definition) is 3. The van der Waals surface area contributed by atoms with Crippen molar-refractivity contribution in [3.63, 3.8) is 0 Å². The first-order valence-electron chi connectivity index (χ1n) is 11.2. The molecule has 1 aliphatic carbocycles. The molecule has 2 aromatic carbocycles. The van der Waals surface area contributed by atoms with Crippen molar-refractivity contribution in [2.75, 3.05) is 13.7 Å². The Morgan fingerprint density at radius 1 is 1.12 bits per heavy atom. The van der Waals surface area contributed by atoms with Gasteiger partial charge in [-0.2, -0.15) is 0 Å². The first-order chi connectivity index (χ1) is 16.4. The second-order valence-corrected chi connectivity index (χ2v) is 8.49. The number of aliphatic hydroxyl groups is 1. The van der Waals surface area contributed by atoms with Crippen molar-refractivity contribution in [3.8, 4) is 17.5 Å². The molecule has 1 aliphatic heterocycles. The van der Waals surface area contributed by atoms with E-state index >= 15 is 0 Å². The lowest BCUT2D eigenvalue weighted by molar-refractivity contribution is -0.723. The fourth-order valence-electron chi connectivity index (χ4n) is 4.81. The van der Waals surface area contributed by atoms with E-state index in [1.807, 2.05) is 49.4 Å². The minimum absolute atomic E-state index is 0.122. The molecule has 0 saturated heterocycles. The third kappa shape index (κ3) is 3.02. The molecule has 1 unspecified atom stereocenters. The van der Waals surface area contributed by atoms with Crippen LogP contribution < -0.4 is 24.6 Å². The Kier molecular flexibility index (Phi) is 5.16. The first-order valence-corrected chi connectivity index (χ1v) is 11.2. The summed E-state index contributed by atoms with van der Waals surface area (Å²) in [5.41, 5.74) is 3.67. The molecule has 3 N–H and O–H groups in total. The number of aliphatic hydroxyl groups excluding tert-OH is 1. The molecule has 0 fully saturated rings. The van der Waals surface area contributed by atoms with Crippen LogP contribution in [0.1, 0.15) is 41.5 Å². The van der Waals surface area contributed by atoms with E-state index in [-0.39, 0.29) is 17.3 Å². The van der Waals surface area contributed by atoms with Crippen LogP contribution in [0.2, 0.25) is 0 Å². The highest BCUT2D eigenvalue weighted by atomic mass is 16.5. The van der Waals surface area contributed by atoms with Gasteiger partial charge in [-0.15, -0.1) is 4.99 Å². The molecule has 0 saturated carbocycles. The Labute approximate surface area is 196 Å². The number of allylic oxidation sites excluding steroid dienone is 1. The van der Waals surface area contributed by atoms with E-state index in [0.717, 1.165) is 17.5 Å². The maximum Gasteiger partial charge on any atom is 0.462 e. The summed E-state index contributed by atoms with van der Waals surface area (Å²) in [6.45, 7) is 2.59. The van der Waals surface area contributed by atoms with Crippen molar-refractivity contribution >= 4 is 17.3 Å². The minimum Gasteiger partial charge on any atom is -0.507 e. The number of aromatic nitrogens is 2. The van der Waals surface area contributed by atoms with E-state index in [4.69, 9.17) is 9.47 Å². The number of nitrogens with zero attached hydrogens (tertiary/aromatic N) is 2. The molecule has 3 aromatic rings. The van der Waals surface area contributed by atoms with Crippen molar-refractivity contribution in [2.24, 2.45) is 14.1 Å². The van der Waals surface area contributed by atoms with Crippen LogP contribution in [0.3, 0.4) is 0 Å². The number of benzene rings is 2. The Bertz CT molecular complexity index is 1450. The summed E-state index contributed by atoms with van der Waals surface area (Å²) in [6, 6.07) is 12.9. The van der Waals surface area contributed by atoms with Crippen LogP contribution in [-0.2, 0) is 14.1 Å². The van der Waals surface area contributed by atoms with E-state index in [2.05, 4.69) is 4.99 Å². The number of aromatic hydroxyl groups is 1. The van der Waals surface area contributed by atoms with Gasteiger partial charge in [-0.25, -0.2) is 4.57 Å². The standard InChI is InChI=1S/C26H25N3O5/c1-5-12-34-17-11-10-14(13-18(17)33-4)19-20-22(15-8-6-7-9-16(15)23(20)30)27-24-21(19)25(31)29(3)26(32)28(24)2/h6-11,13,19H,5,12H2,1-4H3,(H,27,30,31)/p+2. The summed E-state index contributed by atoms with van der Waals surface area (Å²) in [5.74, 6) is 1.15. The van der Waals surface area contributed by atoms with Gasteiger partial charge in [0.1, 0.15) is 5.76 Å². The zero-order valence-electron chi connectivity index (χ0n) is 19.5. The summed E-state index contributed by atoms with van der Waals surface area (Å²) in [4.78, 5) is 16.8. The molecule has 1 atom stereocenters. The van der Waals surface area contributed by atoms with Gasteiger partial charge in [-0.1, -0.05) is 35.8 Å². The molecule has 2 aliphatic rings. The topological polar surface area (TPSA) is 98.8 Å². The van der Waals surface area contributed by atoms with E-state index in [1.54, 1.807) is 18.7 Å². The predicted molar refractivity (Wildman–Crippen MR) is 126 cm³/mol. The van der Waals surface area contributed by atoms with Gasteiger partial charge in [-0.05, 0) is 30.2 Å². The number of nitrogens with one attached hydrogen (secondary N) is 1. The molecule has 0 radical (unpaired) electrons. The molecule has 174 valence electrons. The normalized spacial score (nSPS) is 16.0. The summed E-state index contributed by atoms with van der Waals surface area (Å²) in [5, 5.41) is 21.9. The second-order valence-electron chi connectivity index (χ2n) is 8.49. The molecule has 1 aromatic heterocycles. The molecule has 8 heteroatoms. The SMILES string of the molecule is CCCOc1ccc(C2C3=C(O)c4ccccc4C3=[NH+]c3c2c(=O)n(C)c(O)[n+]3C)cc1OC. The largest absolute Gasteiger partial charge is 0.507 e.